The van der Waals surface area contributed by atoms with Gasteiger partial charge in [-0.15, -0.1) is 0 Å². The van der Waals surface area contributed by atoms with E-state index in [-0.39, 0.29) is 5.60 Å². The predicted molar refractivity (Wildman–Crippen MR) is 84.4 cm³/mol. The third-order valence-electron chi connectivity index (χ3n) is 4.64. The molecule has 0 radical (unpaired) electrons. The standard InChI is InChI=1S/C17H18N4O/c18-16-21-7-6-17(22-16)5-4-15-12(8-17)2-1-3-14(15)13-9-19-11-20-10-13/h1-3,9-11H,4-8H2,(H2,18,21). The number of rotatable bonds is 1. The molecule has 112 valence electrons. The number of fused-ring (bicyclic) bond motifs is 1. The van der Waals surface area contributed by atoms with Crippen molar-refractivity contribution in [1.82, 2.24) is 9.97 Å². The number of ether oxygens (including phenoxy) is 1. The molecule has 2 heterocycles. The van der Waals surface area contributed by atoms with E-state index >= 15 is 0 Å². The average molecular weight is 294 g/mol. The highest BCUT2D eigenvalue weighted by Crippen LogP contribution is 2.39. The zero-order chi connectivity index (χ0) is 15.0. The summed E-state index contributed by atoms with van der Waals surface area (Å²) < 4.78 is 5.92. The first-order valence-electron chi connectivity index (χ1n) is 7.61. The summed E-state index contributed by atoms with van der Waals surface area (Å²) in [6.07, 6.45) is 9.08. The molecule has 0 fully saturated rings. The van der Waals surface area contributed by atoms with Crippen LogP contribution in [0.2, 0.25) is 0 Å². The minimum absolute atomic E-state index is 0.176. The van der Waals surface area contributed by atoms with Crippen molar-refractivity contribution < 1.29 is 4.74 Å². The highest BCUT2D eigenvalue weighted by Gasteiger charge is 2.39. The Labute approximate surface area is 129 Å². The Bertz CT molecular complexity index is 729. The van der Waals surface area contributed by atoms with Crippen molar-refractivity contribution in [2.75, 3.05) is 6.54 Å². The lowest BCUT2D eigenvalue weighted by atomic mass is 9.76. The van der Waals surface area contributed by atoms with Gasteiger partial charge in [-0.05, 0) is 29.5 Å². The van der Waals surface area contributed by atoms with Gasteiger partial charge in [0.05, 0.1) is 0 Å². The molecular weight excluding hydrogens is 276 g/mol. The molecule has 4 rings (SSSR count). The van der Waals surface area contributed by atoms with E-state index in [1.807, 2.05) is 12.4 Å². The molecule has 1 aliphatic heterocycles. The Morgan fingerprint density at radius 1 is 1.14 bits per heavy atom. The summed E-state index contributed by atoms with van der Waals surface area (Å²) in [6.45, 7) is 0.757. The minimum Gasteiger partial charge on any atom is -0.458 e. The Morgan fingerprint density at radius 2 is 2.00 bits per heavy atom. The van der Waals surface area contributed by atoms with E-state index in [0.717, 1.165) is 37.8 Å². The zero-order valence-electron chi connectivity index (χ0n) is 12.3. The van der Waals surface area contributed by atoms with E-state index in [1.54, 1.807) is 6.33 Å². The van der Waals surface area contributed by atoms with Crippen LogP contribution in [0.1, 0.15) is 24.0 Å². The molecule has 5 nitrogen and oxygen atoms in total. The second-order valence-electron chi connectivity index (χ2n) is 6.00. The second kappa shape index (κ2) is 5.09. The molecule has 1 aromatic carbocycles. The summed E-state index contributed by atoms with van der Waals surface area (Å²) in [6, 6.07) is 6.77. The smallest absolute Gasteiger partial charge is 0.282 e. The SMILES string of the molecule is NC1=NCCC2(CCc3c(cccc3-c3cncnc3)C2)O1. The first-order chi connectivity index (χ1) is 10.8. The first kappa shape index (κ1) is 13.2. The number of amidine groups is 1. The molecule has 1 aromatic heterocycles. The summed E-state index contributed by atoms with van der Waals surface area (Å²) >= 11 is 0. The Balaban J connectivity index is 1.71. The van der Waals surface area contributed by atoms with Crippen molar-refractivity contribution in [3.8, 4) is 11.1 Å². The molecule has 1 aliphatic carbocycles. The van der Waals surface area contributed by atoms with Gasteiger partial charge in [0.2, 0.25) is 0 Å². The van der Waals surface area contributed by atoms with Gasteiger partial charge in [-0.1, -0.05) is 18.2 Å². The summed E-state index contributed by atoms with van der Waals surface area (Å²) in [4.78, 5) is 12.4. The quantitative estimate of drug-likeness (QED) is 0.874. The molecule has 2 aliphatic rings. The van der Waals surface area contributed by atoms with Crippen LogP contribution in [-0.4, -0.2) is 28.1 Å². The van der Waals surface area contributed by atoms with Gasteiger partial charge in [0.15, 0.2) is 0 Å². The fraction of sp³-hybridized carbons (Fsp3) is 0.353. The maximum absolute atomic E-state index is 5.92. The van der Waals surface area contributed by atoms with Crippen LogP contribution >= 0.6 is 0 Å². The number of hydrogen-bond donors (Lipinski definition) is 1. The summed E-state index contributed by atoms with van der Waals surface area (Å²) in [5.74, 6) is 0. The van der Waals surface area contributed by atoms with Crippen molar-refractivity contribution in [2.24, 2.45) is 10.7 Å². The van der Waals surface area contributed by atoms with Crippen molar-refractivity contribution >= 4 is 6.02 Å². The largest absolute Gasteiger partial charge is 0.458 e. The number of benzene rings is 1. The fourth-order valence-electron chi connectivity index (χ4n) is 3.57. The lowest BCUT2D eigenvalue weighted by Crippen LogP contribution is -2.46. The molecular formula is C17H18N4O. The monoisotopic (exact) mass is 294 g/mol. The van der Waals surface area contributed by atoms with Gasteiger partial charge in [-0.3, -0.25) is 0 Å². The van der Waals surface area contributed by atoms with Crippen LogP contribution in [0.25, 0.3) is 11.1 Å². The van der Waals surface area contributed by atoms with E-state index in [0.29, 0.717) is 6.02 Å². The molecule has 0 saturated carbocycles. The number of nitrogens with two attached hydrogens (primary N) is 1. The van der Waals surface area contributed by atoms with Gasteiger partial charge < -0.3 is 10.5 Å². The topological polar surface area (TPSA) is 73.4 Å². The average Bonchev–Trinajstić information content (AvgIpc) is 2.55. The Kier molecular flexibility index (Phi) is 3.06. The van der Waals surface area contributed by atoms with E-state index in [2.05, 4.69) is 33.2 Å². The minimum atomic E-state index is -0.176. The van der Waals surface area contributed by atoms with Crippen molar-refractivity contribution in [2.45, 2.75) is 31.3 Å². The van der Waals surface area contributed by atoms with Crippen LogP contribution in [0.15, 0.2) is 41.9 Å². The Hall–Kier alpha value is -2.43. The van der Waals surface area contributed by atoms with Crippen LogP contribution in [0.3, 0.4) is 0 Å². The number of hydrogen-bond acceptors (Lipinski definition) is 5. The molecule has 2 N–H and O–H groups in total. The lowest BCUT2D eigenvalue weighted by Gasteiger charge is -2.40. The molecule has 5 heteroatoms. The van der Waals surface area contributed by atoms with E-state index in [1.165, 1.54) is 16.7 Å². The van der Waals surface area contributed by atoms with Crippen molar-refractivity contribution in [3.05, 3.63) is 48.0 Å². The van der Waals surface area contributed by atoms with E-state index < -0.39 is 0 Å². The van der Waals surface area contributed by atoms with Crippen LogP contribution in [0, 0.1) is 0 Å². The summed E-state index contributed by atoms with van der Waals surface area (Å²) in [7, 11) is 0. The van der Waals surface area contributed by atoms with Gasteiger partial charge in [0, 0.05) is 37.3 Å². The maximum Gasteiger partial charge on any atom is 0.282 e. The highest BCUT2D eigenvalue weighted by molar-refractivity contribution is 5.73. The van der Waals surface area contributed by atoms with E-state index in [9.17, 15) is 0 Å². The molecule has 1 unspecified atom stereocenters. The van der Waals surface area contributed by atoms with Gasteiger partial charge in [0.25, 0.3) is 6.02 Å². The molecule has 1 spiro atoms. The molecule has 2 aromatic rings. The third-order valence-corrected chi connectivity index (χ3v) is 4.64. The lowest BCUT2D eigenvalue weighted by molar-refractivity contribution is 0.0227. The molecule has 0 saturated heterocycles. The number of aliphatic imine (C=N–C) groups is 1. The predicted octanol–water partition coefficient (Wildman–Crippen LogP) is 2.11. The van der Waals surface area contributed by atoms with Gasteiger partial charge in [-0.25, -0.2) is 15.0 Å². The molecule has 22 heavy (non-hydrogen) atoms. The molecule has 1 atom stereocenters. The maximum atomic E-state index is 5.92. The van der Waals surface area contributed by atoms with Crippen LogP contribution in [-0.2, 0) is 17.6 Å². The second-order valence-corrected chi connectivity index (χ2v) is 6.00. The van der Waals surface area contributed by atoms with Crippen molar-refractivity contribution in [3.63, 3.8) is 0 Å². The molecule has 0 amide bonds. The number of aromatic nitrogens is 2. The van der Waals surface area contributed by atoms with Crippen molar-refractivity contribution in [1.29, 1.82) is 0 Å². The normalized spacial score (nSPS) is 23.5. The van der Waals surface area contributed by atoms with Gasteiger partial charge in [-0.2, -0.15) is 0 Å². The summed E-state index contributed by atoms with van der Waals surface area (Å²) in [5.41, 5.74) is 10.6. The zero-order valence-corrected chi connectivity index (χ0v) is 12.3. The molecule has 0 bridgehead atoms. The first-order valence-corrected chi connectivity index (χ1v) is 7.61. The third kappa shape index (κ3) is 2.22. The number of nitrogens with zero attached hydrogens (tertiary/aromatic N) is 3. The van der Waals surface area contributed by atoms with Gasteiger partial charge in [0.1, 0.15) is 11.9 Å². The summed E-state index contributed by atoms with van der Waals surface area (Å²) in [5, 5.41) is 0. The van der Waals surface area contributed by atoms with Crippen LogP contribution in [0.5, 0.6) is 0 Å². The van der Waals surface area contributed by atoms with E-state index in [4.69, 9.17) is 10.5 Å². The highest BCUT2D eigenvalue weighted by atomic mass is 16.5. The Morgan fingerprint density at radius 3 is 2.82 bits per heavy atom. The van der Waals surface area contributed by atoms with Crippen LogP contribution in [0.4, 0.5) is 0 Å². The fourth-order valence-corrected chi connectivity index (χ4v) is 3.57. The van der Waals surface area contributed by atoms with Crippen LogP contribution < -0.4 is 5.73 Å². The van der Waals surface area contributed by atoms with Gasteiger partial charge >= 0.3 is 0 Å².